The third-order valence-corrected chi connectivity index (χ3v) is 2.63. The lowest BCUT2D eigenvalue weighted by molar-refractivity contribution is -0.131. The predicted octanol–water partition coefficient (Wildman–Crippen LogP) is 1.32. The summed E-state index contributed by atoms with van der Waals surface area (Å²) in [6, 6.07) is 0. The van der Waals surface area contributed by atoms with Crippen LogP contribution in [0, 0.1) is 5.92 Å². The molecule has 0 saturated heterocycles. The second-order valence-electron chi connectivity index (χ2n) is 3.90. The van der Waals surface area contributed by atoms with Crippen LogP contribution < -0.4 is 5.32 Å². The van der Waals surface area contributed by atoms with Crippen LogP contribution in [0.5, 0.6) is 0 Å². The summed E-state index contributed by atoms with van der Waals surface area (Å²) in [5, 5.41) is 11.0. The summed E-state index contributed by atoms with van der Waals surface area (Å²) < 4.78 is 0. The summed E-state index contributed by atoms with van der Waals surface area (Å²) >= 11 is 0. The van der Waals surface area contributed by atoms with Crippen molar-refractivity contribution in [2.75, 3.05) is 6.54 Å². The number of carbonyl (C=O) groups excluding carboxylic acids is 1. The van der Waals surface area contributed by atoms with Gasteiger partial charge in [0.25, 0.3) is 0 Å². The molecule has 4 nitrogen and oxygen atoms in total. The predicted molar refractivity (Wildman–Crippen MR) is 56.4 cm³/mol. The number of hydrogen-bond donors (Lipinski definition) is 2. The maximum absolute atomic E-state index is 11.4. The quantitative estimate of drug-likeness (QED) is 0.674. The monoisotopic (exact) mass is 211 g/mol. The zero-order valence-electron chi connectivity index (χ0n) is 8.74. The van der Waals surface area contributed by atoms with Crippen molar-refractivity contribution in [2.45, 2.75) is 32.1 Å². The molecule has 1 amide bonds. The summed E-state index contributed by atoms with van der Waals surface area (Å²) in [4.78, 5) is 21.5. The van der Waals surface area contributed by atoms with E-state index in [0.717, 1.165) is 18.9 Å². The van der Waals surface area contributed by atoms with Crippen molar-refractivity contribution in [2.24, 2.45) is 5.92 Å². The number of hydrogen-bond acceptors (Lipinski definition) is 2. The Morgan fingerprint density at radius 2 is 2.00 bits per heavy atom. The first-order valence-electron chi connectivity index (χ1n) is 5.34. The molecule has 0 aromatic carbocycles. The molecule has 0 heterocycles. The van der Waals surface area contributed by atoms with Gasteiger partial charge in [-0.05, 0) is 18.8 Å². The topological polar surface area (TPSA) is 66.4 Å². The molecular formula is C11H17NO3. The van der Waals surface area contributed by atoms with Crippen LogP contribution in [0.2, 0.25) is 0 Å². The number of rotatable bonds is 5. The molecule has 1 fully saturated rings. The van der Waals surface area contributed by atoms with Gasteiger partial charge >= 0.3 is 5.97 Å². The molecule has 0 aromatic rings. The zero-order valence-corrected chi connectivity index (χ0v) is 8.74. The fourth-order valence-corrected chi connectivity index (χ4v) is 1.88. The van der Waals surface area contributed by atoms with E-state index in [9.17, 15) is 9.59 Å². The smallest absolute Gasteiger partial charge is 0.328 e. The van der Waals surface area contributed by atoms with Gasteiger partial charge < -0.3 is 10.4 Å². The van der Waals surface area contributed by atoms with E-state index >= 15 is 0 Å². The van der Waals surface area contributed by atoms with Crippen LogP contribution in [0.15, 0.2) is 12.2 Å². The highest BCUT2D eigenvalue weighted by molar-refractivity contribution is 5.80. The van der Waals surface area contributed by atoms with E-state index in [1.165, 1.54) is 18.9 Å². The van der Waals surface area contributed by atoms with Crippen LogP contribution in [-0.4, -0.2) is 23.5 Å². The van der Waals surface area contributed by atoms with Crippen LogP contribution in [0.3, 0.4) is 0 Å². The van der Waals surface area contributed by atoms with Crippen LogP contribution in [-0.2, 0) is 9.59 Å². The molecule has 0 atom stereocenters. The average molecular weight is 211 g/mol. The molecule has 1 aliphatic rings. The second kappa shape index (κ2) is 6.22. The Balaban J connectivity index is 2.10. The molecule has 0 radical (unpaired) electrons. The van der Waals surface area contributed by atoms with E-state index in [1.807, 2.05) is 0 Å². The molecule has 0 aliphatic heterocycles. The average Bonchev–Trinajstić information content (AvgIpc) is 2.64. The number of nitrogens with one attached hydrogen (secondary N) is 1. The Bertz CT molecular complexity index is 255. The van der Waals surface area contributed by atoms with E-state index in [4.69, 9.17) is 5.11 Å². The minimum absolute atomic E-state index is 0.0249. The second-order valence-corrected chi connectivity index (χ2v) is 3.90. The number of carboxylic acids is 1. The van der Waals surface area contributed by atoms with Crippen molar-refractivity contribution < 1.29 is 14.7 Å². The maximum Gasteiger partial charge on any atom is 0.328 e. The van der Waals surface area contributed by atoms with Gasteiger partial charge in [0, 0.05) is 19.0 Å². The first-order valence-corrected chi connectivity index (χ1v) is 5.34. The molecule has 0 spiro atoms. The minimum Gasteiger partial charge on any atom is -0.478 e. The fraction of sp³-hybridized carbons (Fsp3) is 0.636. The summed E-state index contributed by atoms with van der Waals surface area (Å²) in [5.74, 6) is -0.426. The molecular weight excluding hydrogens is 194 g/mol. The van der Waals surface area contributed by atoms with Crippen molar-refractivity contribution in [3.05, 3.63) is 12.2 Å². The highest BCUT2D eigenvalue weighted by Gasteiger charge is 2.17. The zero-order chi connectivity index (χ0) is 11.1. The Morgan fingerprint density at radius 1 is 1.33 bits per heavy atom. The molecule has 1 aliphatic carbocycles. The third kappa shape index (κ3) is 5.20. The van der Waals surface area contributed by atoms with Crippen molar-refractivity contribution in [3.8, 4) is 0 Å². The SMILES string of the molecule is O=C(O)/C=C\CNC(=O)CC1CCCC1. The molecule has 15 heavy (non-hydrogen) atoms. The summed E-state index contributed by atoms with van der Waals surface area (Å²) in [6.07, 6.45) is 7.83. The molecule has 2 N–H and O–H groups in total. The van der Waals surface area contributed by atoms with Crippen LogP contribution in [0.4, 0.5) is 0 Å². The van der Waals surface area contributed by atoms with Crippen molar-refractivity contribution >= 4 is 11.9 Å². The number of amides is 1. The van der Waals surface area contributed by atoms with E-state index in [0.29, 0.717) is 18.9 Å². The van der Waals surface area contributed by atoms with Crippen molar-refractivity contribution in [1.82, 2.24) is 5.32 Å². The lowest BCUT2D eigenvalue weighted by Gasteiger charge is -2.07. The Labute approximate surface area is 89.4 Å². The fourth-order valence-electron chi connectivity index (χ4n) is 1.88. The standard InChI is InChI=1S/C11H17NO3/c13-10(8-9-4-1-2-5-9)12-7-3-6-11(14)15/h3,6,9H,1-2,4-5,7-8H2,(H,12,13)(H,14,15)/b6-3-. The van der Waals surface area contributed by atoms with E-state index < -0.39 is 5.97 Å². The Hall–Kier alpha value is -1.32. The van der Waals surface area contributed by atoms with Gasteiger partial charge in [-0.3, -0.25) is 4.79 Å². The van der Waals surface area contributed by atoms with Crippen LogP contribution in [0.25, 0.3) is 0 Å². The highest BCUT2D eigenvalue weighted by atomic mass is 16.4. The molecule has 4 heteroatoms. The highest BCUT2D eigenvalue weighted by Crippen LogP contribution is 2.27. The number of aliphatic carboxylic acids is 1. The molecule has 1 rings (SSSR count). The van der Waals surface area contributed by atoms with Gasteiger partial charge in [0.2, 0.25) is 5.91 Å². The summed E-state index contributed by atoms with van der Waals surface area (Å²) in [5.41, 5.74) is 0. The van der Waals surface area contributed by atoms with Gasteiger partial charge in [-0.15, -0.1) is 0 Å². The third-order valence-electron chi connectivity index (χ3n) is 2.63. The molecule has 0 unspecified atom stereocenters. The maximum atomic E-state index is 11.4. The van der Waals surface area contributed by atoms with E-state index in [1.54, 1.807) is 0 Å². The lowest BCUT2D eigenvalue weighted by atomic mass is 10.0. The Morgan fingerprint density at radius 3 is 2.60 bits per heavy atom. The first-order chi connectivity index (χ1) is 7.18. The number of carboxylic acid groups (broad SMARTS) is 1. The minimum atomic E-state index is -0.986. The molecule has 0 aromatic heterocycles. The van der Waals surface area contributed by atoms with Gasteiger partial charge in [0.1, 0.15) is 0 Å². The van der Waals surface area contributed by atoms with E-state index in [-0.39, 0.29) is 5.91 Å². The normalized spacial score (nSPS) is 17.1. The first kappa shape index (κ1) is 11.8. The van der Waals surface area contributed by atoms with Gasteiger partial charge in [-0.1, -0.05) is 18.9 Å². The number of carbonyl (C=O) groups is 2. The molecule has 84 valence electrons. The Kier molecular flexibility index (Phi) is 4.87. The van der Waals surface area contributed by atoms with Gasteiger partial charge in [0.15, 0.2) is 0 Å². The van der Waals surface area contributed by atoms with Crippen molar-refractivity contribution in [3.63, 3.8) is 0 Å². The van der Waals surface area contributed by atoms with Crippen LogP contribution in [0.1, 0.15) is 32.1 Å². The largest absolute Gasteiger partial charge is 0.478 e. The molecule has 0 bridgehead atoms. The van der Waals surface area contributed by atoms with Gasteiger partial charge in [-0.2, -0.15) is 0 Å². The van der Waals surface area contributed by atoms with Crippen LogP contribution >= 0.6 is 0 Å². The van der Waals surface area contributed by atoms with Crippen molar-refractivity contribution in [1.29, 1.82) is 0 Å². The summed E-state index contributed by atoms with van der Waals surface area (Å²) in [7, 11) is 0. The van der Waals surface area contributed by atoms with Gasteiger partial charge in [-0.25, -0.2) is 4.79 Å². The van der Waals surface area contributed by atoms with E-state index in [2.05, 4.69) is 5.32 Å². The lowest BCUT2D eigenvalue weighted by Crippen LogP contribution is -2.25. The van der Waals surface area contributed by atoms with Gasteiger partial charge in [0.05, 0.1) is 0 Å². The summed E-state index contributed by atoms with van der Waals surface area (Å²) in [6.45, 7) is 0.303. The molecule has 1 saturated carbocycles.